The molecular weight excluding hydrogens is 425 g/mol. The van der Waals surface area contributed by atoms with Crippen LogP contribution in [0.5, 0.6) is 0 Å². The van der Waals surface area contributed by atoms with Gasteiger partial charge in [0.2, 0.25) is 0 Å². The first kappa shape index (κ1) is 20.2. The van der Waals surface area contributed by atoms with Gasteiger partial charge in [-0.3, -0.25) is 4.99 Å². The molecule has 0 atom stereocenters. The molecule has 0 aliphatic heterocycles. The van der Waals surface area contributed by atoms with Crippen molar-refractivity contribution in [3.63, 3.8) is 0 Å². The maximum absolute atomic E-state index is 11.4. The monoisotopic (exact) mass is 451 g/mol. The van der Waals surface area contributed by atoms with Crippen molar-refractivity contribution in [1.82, 2.24) is 10.6 Å². The van der Waals surface area contributed by atoms with E-state index >= 15 is 0 Å². The smallest absolute Gasteiger partial charge is 0.191 e. The predicted molar refractivity (Wildman–Crippen MR) is 105 cm³/mol. The Kier molecular flexibility index (Phi) is 8.32. The molecule has 23 heavy (non-hydrogen) atoms. The first-order valence-electron chi connectivity index (χ1n) is 7.75. The summed E-state index contributed by atoms with van der Waals surface area (Å²) >= 11 is 0. The number of rotatable bonds is 5. The van der Waals surface area contributed by atoms with E-state index in [1.165, 1.54) is 31.9 Å². The molecule has 0 amide bonds. The Morgan fingerprint density at radius 1 is 1.22 bits per heavy atom. The molecule has 2 rings (SSSR count). The molecule has 1 aromatic rings. The van der Waals surface area contributed by atoms with Crippen molar-refractivity contribution in [2.24, 2.45) is 4.99 Å². The molecule has 0 heterocycles. The van der Waals surface area contributed by atoms with Gasteiger partial charge in [-0.25, -0.2) is 8.42 Å². The number of sulfone groups is 1. The Labute approximate surface area is 156 Å². The summed E-state index contributed by atoms with van der Waals surface area (Å²) in [7, 11) is -1.33. The zero-order valence-corrected chi connectivity index (χ0v) is 16.9. The highest BCUT2D eigenvalue weighted by atomic mass is 127. The number of halogens is 1. The summed E-state index contributed by atoms with van der Waals surface area (Å²) in [6.45, 7) is 0.768. The van der Waals surface area contributed by atoms with Crippen LogP contribution < -0.4 is 10.6 Å². The zero-order chi connectivity index (χ0) is 16.0. The maximum atomic E-state index is 11.4. The van der Waals surface area contributed by atoms with Crippen molar-refractivity contribution in [3.8, 4) is 0 Å². The van der Waals surface area contributed by atoms with E-state index in [-0.39, 0.29) is 24.0 Å². The molecule has 5 nitrogen and oxygen atoms in total. The maximum Gasteiger partial charge on any atom is 0.191 e. The number of hydrogen-bond acceptors (Lipinski definition) is 3. The van der Waals surface area contributed by atoms with Gasteiger partial charge in [-0.2, -0.15) is 0 Å². The van der Waals surface area contributed by atoms with E-state index in [0.29, 0.717) is 10.9 Å². The first-order valence-corrected chi connectivity index (χ1v) is 9.64. The zero-order valence-electron chi connectivity index (χ0n) is 13.7. The molecule has 0 unspecified atom stereocenters. The van der Waals surface area contributed by atoms with Crippen molar-refractivity contribution in [2.75, 3.05) is 19.8 Å². The molecule has 2 N–H and O–H groups in total. The molecule has 1 saturated carbocycles. The Morgan fingerprint density at radius 2 is 1.83 bits per heavy atom. The van der Waals surface area contributed by atoms with Gasteiger partial charge in [0.15, 0.2) is 15.8 Å². The normalized spacial score (nSPS) is 16.0. The number of hydrogen-bond donors (Lipinski definition) is 2. The molecule has 1 aliphatic rings. The van der Waals surface area contributed by atoms with Crippen molar-refractivity contribution >= 4 is 39.8 Å². The second-order valence-electron chi connectivity index (χ2n) is 5.79. The average Bonchev–Trinajstić information content (AvgIpc) is 2.99. The van der Waals surface area contributed by atoms with Gasteiger partial charge in [0.25, 0.3) is 0 Å². The van der Waals surface area contributed by atoms with Crippen LogP contribution >= 0.6 is 24.0 Å². The molecular formula is C16H26IN3O2S. The summed E-state index contributed by atoms with van der Waals surface area (Å²) in [6.07, 6.45) is 7.07. The summed E-state index contributed by atoms with van der Waals surface area (Å²) in [6, 6.07) is 7.60. The molecule has 1 aromatic carbocycles. The lowest BCUT2D eigenvalue weighted by atomic mass is 10.1. The number of aliphatic imine (C=N–C) groups is 1. The van der Waals surface area contributed by atoms with Crippen molar-refractivity contribution < 1.29 is 8.42 Å². The van der Waals surface area contributed by atoms with Crippen LogP contribution in [-0.4, -0.2) is 40.3 Å². The van der Waals surface area contributed by atoms with E-state index in [2.05, 4.69) is 15.6 Å². The van der Waals surface area contributed by atoms with E-state index in [0.717, 1.165) is 24.5 Å². The molecule has 0 radical (unpaired) electrons. The quantitative estimate of drug-likeness (QED) is 0.410. The van der Waals surface area contributed by atoms with Crippen LogP contribution in [0.3, 0.4) is 0 Å². The summed E-state index contributed by atoms with van der Waals surface area (Å²) in [5, 5.41) is 6.75. The lowest BCUT2D eigenvalue weighted by molar-refractivity contribution is 0.602. The second kappa shape index (κ2) is 9.46. The summed E-state index contributed by atoms with van der Waals surface area (Å²) < 4.78 is 22.8. The average molecular weight is 451 g/mol. The van der Waals surface area contributed by atoms with E-state index < -0.39 is 9.84 Å². The third-order valence-electron chi connectivity index (χ3n) is 3.98. The van der Waals surface area contributed by atoms with Crippen LogP contribution in [0.1, 0.15) is 31.2 Å². The van der Waals surface area contributed by atoms with E-state index in [9.17, 15) is 8.42 Å². The highest BCUT2D eigenvalue weighted by molar-refractivity contribution is 14.0. The van der Waals surface area contributed by atoms with E-state index in [4.69, 9.17) is 0 Å². The topological polar surface area (TPSA) is 70.6 Å². The van der Waals surface area contributed by atoms with Gasteiger partial charge in [-0.05, 0) is 37.0 Å². The highest BCUT2D eigenvalue weighted by Crippen LogP contribution is 2.17. The van der Waals surface area contributed by atoms with Crippen LogP contribution in [0.25, 0.3) is 0 Å². The summed E-state index contributed by atoms with van der Waals surface area (Å²) in [5.41, 5.74) is 1.11. The van der Waals surface area contributed by atoms with Gasteiger partial charge in [-0.1, -0.05) is 25.0 Å². The number of nitrogens with zero attached hydrogens (tertiary/aromatic N) is 1. The minimum absolute atomic E-state index is 0. The molecule has 0 saturated heterocycles. The Hall–Kier alpha value is -0.830. The van der Waals surface area contributed by atoms with E-state index in [1.807, 2.05) is 12.1 Å². The standard InChI is InChI=1S/C16H25N3O2S.HI/c1-17-16(19-14-5-3-4-6-14)18-12-11-13-7-9-15(10-8-13)22(2,20)21;/h7-10,14H,3-6,11-12H2,1-2H3,(H2,17,18,19);1H. The lowest BCUT2D eigenvalue weighted by Crippen LogP contribution is -2.42. The fourth-order valence-corrected chi connectivity index (χ4v) is 3.32. The fraction of sp³-hybridized carbons (Fsp3) is 0.562. The van der Waals surface area contributed by atoms with Crippen LogP contribution in [0.4, 0.5) is 0 Å². The van der Waals surface area contributed by atoms with Crippen molar-refractivity contribution in [2.45, 2.75) is 43.0 Å². The Bertz CT molecular complexity index is 609. The lowest BCUT2D eigenvalue weighted by Gasteiger charge is -2.16. The SMILES string of the molecule is CN=C(NCCc1ccc(S(C)(=O)=O)cc1)NC1CCCC1.I. The van der Waals surface area contributed by atoms with Crippen LogP contribution in [-0.2, 0) is 16.3 Å². The second-order valence-corrected chi connectivity index (χ2v) is 7.81. The van der Waals surface area contributed by atoms with Gasteiger partial charge in [0.05, 0.1) is 4.90 Å². The minimum Gasteiger partial charge on any atom is -0.356 e. The van der Waals surface area contributed by atoms with Crippen molar-refractivity contribution in [1.29, 1.82) is 0 Å². The van der Waals surface area contributed by atoms with Crippen molar-refractivity contribution in [3.05, 3.63) is 29.8 Å². The minimum atomic E-state index is -3.12. The summed E-state index contributed by atoms with van der Waals surface area (Å²) in [4.78, 5) is 4.61. The first-order chi connectivity index (χ1) is 10.5. The number of nitrogens with one attached hydrogen (secondary N) is 2. The molecule has 7 heteroatoms. The van der Waals surface area contributed by atoms with E-state index in [1.54, 1.807) is 19.2 Å². The van der Waals surface area contributed by atoms with Gasteiger partial charge >= 0.3 is 0 Å². The Morgan fingerprint density at radius 3 is 2.35 bits per heavy atom. The highest BCUT2D eigenvalue weighted by Gasteiger charge is 2.15. The van der Waals surface area contributed by atoms with Gasteiger partial charge < -0.3 is 10.6 Å². The summed E-state index contributed by atoms with van der Waals surface area (Å²) in [5.74, 6) is 0.847. The Balaban J connectivity index is 0.00000264. The number of guanidine groups is 1. The van der Waals surface area contributed by atoms with Crippen LogP contribution in [0.2, 0.25) is 0 Å². The van der Waals surface area contributed by atoms with Gasteiger partial charge in [-0.15, -0.1) is 24.0 Å². The number of benzene rings is 1. The molecule has 0 spiro atoms. The third-order valence-corrected chi connectivity index (χ3v) is 5.11. The molecule has 1 aliphatic carbocycles. The largest absolute Gasteiger partial charge is 0.356 e. The molecule has 0 aromatic heterocycles. The molecule has 0 bridgehead atoms. The van der Waals surface area contributed by atoms with Crippen LogP contribution in [0.15, 0.2) is 34.2 Å². The predicted octanol–water partition coefficient (Wildman–Crippen LogP) is 2.36. The van der Waals surface area contributed by atoms with Gasteiger partial charge in [0.1, 0.15) is 0 Å². The van der Waals surface area contributed by atoms with Crippen LogP contribution in [0, 0.1) is 0 Å². The molecule has 130 valence electrons. The fourth-order valence-electron chi connectivity index (χ4n) is 2.69. The molecule has 1 fully saturated rings. The third kappa shape index (κ3) is 6.66. The van der Waals surface area contributed by atoms with Gasteiger partial charge in [0, 0.05) is 25.9 Å².